The fourth-order valence-corrected chi connectivity index (χ4v) is 4.45. The molecule has 32 heavy (non-hydrogen) atoms. The Kier molecular flexibility index (Phi) is 6.71. The van der Waals surface area contributed by atoms with Crippen LogP contribution in [0.4, 0.5) is 0 Å². The summed E-state index contributed by atoms with van der Waals surface area (Å²) in [6, 6.07) is 6.82. The van der Waals surface area contributed by atoms with Crippen molar-refractivity contribution in [2.45, 2.75) is 32.9 Å². The lowest BCUT2D eigenvalue weighted by atomic mass is 9.98. The van der Waals surface area contributed by atoms with E-state index in [1.165, 1.54) is 0 Å². The van der Waals surface area contributed by atoms with Crippen molar-refractivity contribution in [3.8, 4) is 0 Å². The van der Waals surface area contributed by atoms with Gasteiger partial charge in [0.2, 0.25) is 0 Å². The fourth-order valence-electron chi connectivity index (χ4n) is 4.13. The van der Waals surface area contributed by atoms with Crippen molar-refractivity contribution < 1.29 is 19.1 Å². The minimum atomic E-state index is -0.326. The number of likely N-dealkylation sites (tertiary alicyclic amines) is 1. The highest BCUT2D eigenvalue weighted by Crippen LogP contribution is 2.25. The van der Waals surface area contributed by atoms with Gasteiger partial charge in [0.1, 0.15) is 5.69 Å². The molecule has 2 aliphatic heterocycles. The number of hydrogen-bond acceptors (Lipinski definition) is 5. The summed E-state index contributed by atoms with van der Waals surface area (Å²) in [4.78, 5) is 41.5. The zero-order valence-corrected chi connectivity index (χ0v) is 19.2. The average molecular weight is 479 g/mol. The number of amides is 2. The zero-order valence-electron chi connectivity index (χ0n) is 17.7. The first-order valence-corrected chi connectivity index (χ1v) is 11.4. The van der Waals surface area contributed by atoms with Gasteiger partial charge < -0.3 is 14.5 Å². The summed E-state index contributed by atoms with van der Waals surface area (Å²) in [6.07, 6.45) is 1.42. The van der Waals surface area contributed by atoms with Gasteiger partial charge in [-0.1, -0.05) is 29.3 Å². The number of benzene rings is 1. The van der Waals surface area contributed by atoms with E-state index in [9.17, 15) is 14.4 Å². The minimum absolute atomic E-state index is 0.197. The summed E-state index contributed by atoms with van der Waals surface area (Å²) in [6.45, 7) is 4.28. The molecule has 1 atom stereocenters. The quantitative estimate of drug-likeness (QED) is 0.615. The fraction of sp³-hybridized carbons (Fsp3) is 0.455. The summed E-state index contributed by atoms with van der Waals surface area (Å²) in [5.74, 6) is -1.07. The smallest absolute Gasteiger partial charge is 0.310 e. The van der Waals surface area contributed by atoms with Crippen LogP contribution in [-0.2, 0) is 22.6 Å². The third kappa shape index (κ3) is 4.61. The lowest BCUT2D eigenvalue weighted by molar-refractivity contribution is -0.149. The number of esters is 1. The third-order valence-electron chi connectivity index (χ3n) is 5.77. The maximum absolute atomic E-state index is 13.0. The maximum Gasteiger partial charge on any atom is 0.310 e. The highest BCUT2D eigenvalue weighted by atomic mass is 35.5. The SMILES string of the molecule is CCOC(=O)C1CCCN(C(=O)c2cc3n(n2)CCN(Cc2ccc(Cl)c(Cl)c2)C3=O)C1. The molecule has 4 rings (SSSR count). The highest BCUT2D eigenvalue weighted by molar-refractivity contribution is 6.42. The van der Waals surface area contributed by atoms with Crippen molar-refractivity contribution >= 4 is 41.0 Å². The van der Waals surface area contributed by atoms with E-state index in [1.54, 1.807) is 39.6 Å². The first-order valence-electron chi connectivity index (χ1n) is 10.6. The van der Waals surface area contributed by atoms with Gasteiger partial charge >= 0.3 is 5.97 Å². The van der Waals surface area contributed by atoms with Crippen LogP contribution in [0.15, 0.2) is 24.3 Å². The van der Waals surface area contributed by atoms with E-state index >= 15 is 0 Å². The van der Waals surface area contributed by atoms with Gasteiger partial charge in [-0.15, -0.1) is 0 Å². The maximum atomic E-state index is 13.0. The summed E-state index contributed by atoms with van der Waals surface area (Å²) in [5.41, 5.74) is 1.46. The van der Waals surface area contributed by atoms with Gasteiger partial charge in [-0.2, -0.15) is 5.10 Å². The van der Waals surface area contributed by atoms with Crippen LogP contribution in [0.5, 0.6) is 0 Å². The van der Waals surface area contributed by atoms with Gasteiger partial charge in [-0.3, -0.25) is 19.1 Å². The van der Waals surface area contributed by atoms with E-state index in [4.69, 9.17) is 27.9 Å². The number of hydrogen-bond donors (Lipinski definition) is 0. The number of fused-ring (bicyclic) bond motifs is 1. The van der Waals surface area contributed by atoms with E-state index in [1.807, 2.05) is 6.07 Å². The first kappa shape index (κ1) is 22.6. The molecule has 1 aromatic heterocycles. The summed E-state index contributed by atoms with van der Waals surface area (Å²) >= 11 is 12.1. The van der Waals surface area contributed by atoms with E-state index < -0.39 is 0 Å². The molecule has 3 heterocycles. The largest absolute Gasteiger partial charge is 0.466 e. The Hall–Kier alpha value is -2.58. The average Bonchev–Trinajstić information content (AvgIpc) is 3.23. The second-order valence-corrected chi connectivity index (χ2v) is 8.77. The van der Waals surface area contributed by atoms with Crippen LogP contribution >= 0.6 is 23.2 Å². The predicted molar refractivity (Wildman–Crippen MR) is 119 cm³/mol. The lowest BCUT2D eigenvalue weighted by Gasteiger charge is -2.31. The Morgan fingerprint density at radius 3 is 2.72 bits per heavy atom. The number of carbonyl (C=O) groups excluding carboxylic acids is 3. The second kappa shape index (κ2) is 9.50. The Bertz CT molecular complexity index is 1050. The van der Waals surface area contributed by atoms with Crippen molar-refractivity contribution in [1.82, 2.24) is 19.6 Å². The molecule has 0 spiro atoms. The van der Waals surface area contributed by atoms with Crippen molar-refractivity contribution in [2.75, 3.05) is 26.2 Å². The molecule has 0 aliphatic carbocycles. The molecule has 0 bridgehead atoms. The highest BCUT2D eigenvalue weighted by Gasteiger charge is 2.33. The Morgan fingerprint density at radius 2 is 1.97 bits per heavy atom. The van der Waals surface area contributed by atoms with Gasteiger partial charge in [-0.25, -0.2) is 0 Å². The molecule has 2 aromatic rings. The summed E-state index contributed by atoms with van der Waals surface area (Å²) < 4.78 is 6.68. The minimum Gasteiger partial charge on any atom is -0.466 e. The second-order valence-electron chi connectivity index (χ2n) is 7.96. The van der Waals surface area contributed by atoms with Crippen LogP contribution in [0, 0.1) is 5.92 Å². The predicted octanol–water partition coefficient (Wildman–Crippen LogP) is 3.26. The number of ether oxygens (including phenoxy) is 1. The molecule has 2 aliphatic rings. The number of nitrogens with zero attached hydrogens (tertiary/aromatic N) is 4. The first-order chi connectivity index (χ1) is 15.4. The van der Waals surface area contributed by atoms with Crippen molar-refractivity contribution in [1.29, 1.82) is 0 Å². The molecular formula is C22H24Cl2N4O4. The number of rotatable bonds is 5. The Balaban J connectivity index is 1.46. The Morgan fingerprint density at radius 1 is 1.16 bits per heavy atom. The van der Waals surface area contributed by atoms with Gasteiger partial charge in [0.15, 0.2) is 5.69 Å². The van der Waals surface area contributed by atoms with E-state index in [-0.39, 0.29) is 29.4 Å². The topological polar surface area (TPSA) is 84.7 Å². The van der Waals surface area contributed by atoms with Gasteiger partial charge in [0, 0.05) is 32.2 Å². The van der Waals surface area contributed by atoms with Crippen LogP contribution < -0.4 is 0 Å². The van der Waals surface area contributed by atoms with Crippen LogP contribution in [0.1, 0.15) is 46.3 Å². The molecule has 1 unspecified atom stereocenters. The number of aromatic nitrogens is 2. The molecule has 0 saturated carbocycles. The normalized spacial score (nSPS) is 18.5. The molecule has 170 valence electrons. The third-order valence-corrected chi connectivity index (χ3v) is 6.51. The van der Waals surface area contributed by atoms with Crippen molar-refractivity contribution in [3.63, 3.8) is 0 Å². The van der Waals surface area contributed by atoms with Crippen LogP contribution in [0.3, 0.4) is 0 Å². The Labute approximate surface area is 196 Å². The van der Waals surface area contributed by atoms with Gasteiger partial charge in [0.05, 0.1) is 29.1 Å². The van der Waals surface area contributed by atoms with Crippen molar-refractivity contribution in [2.24, 2.45) is 5.92 Å². The number of piperidine rings is 1. The molecule has 8 nitrogen and oxygen atoms in total. The summed E-state index contributed by atoms with van der Waals surface area (Å²) in [7, 11) is 0. The van der Waals surface area contributed by atoms with Crippen LogP contribution in [0.25, 0.3) is 0 Å². The number of halogens is 2. The molecule has 1 saturated heterocycles. The monoisotopic (exact) mass is 478 g/mol. The molecular weight excluding hydrogens is 455 g/mol. The van der Waals surface area contributed by atoms with E-state index in [2.05, 4.69) is 5.10 Å². The van der Waals surface area contributed by atoms with Gasteiger partial charge in [0.25, 0.3) is 11.8 Å². The summed E-state index contributed by atoms with van der Waals surface area (Å²) in [5, 5.41) is 5.27. The molecule has 1 aromatic carbocycles. The van der Waals surface area contributed by atoms with Gasteiger partial charge in [-0.05, 0) is 37.5 Å². The molecule has 1 fully saturated rings. The van der Waals surface area contributed by atoms with Crippen LogP contribution in [-0.4, -0.2) is 63.6 Å². The lowest BCUT2D eigenvalue weighted by Crippen LogP contribution is -2.43. The molecule has 0 N–H and O–H groups in total. The van der Waals surface area contributed by atoms with E-state index in [0.717, 1.165) is 12.0 Å². The zero-order chi connectivity index (χ0) is 22.8. The number of carbonyl (C=O) groups is 3. The standard InChI is InChI=1S/C22H24Cl2N4O4/c1-2-32-22(31)15-4-3-7-26(13-15)20(29)18-11-19-21(30)27(8-9-28(19)25-18)12-14-5-6-16(23)17(24)10-14/h5-6,10-11,15H,2-4,7-9,12-13H2,1H3. The molecule has 0 radical (unpaired) electrons. The van der Waals surface area contributed by atoms with E-state index in [0.29, 0.717) is 61.5 Å². The molecule has 10 heteroatoms. The van der Waals surface area contributed by atoms with Crippen LogP contribution in [0.2, 0.25) is 10.0 Å². The molecule has 2 amide bonds. The van der Waals surface area contributed by atoms with Crippen molar-refractivity contribution in [3.05, 3.63) is 51.3 Å².